The zero-order valence-corrected chi connectivity index (χ0v) is 11.4. The zero-order valence-electron chi connectivity index (χ0n) is 11.4. The molecule has 0 fully saturated rings. The smallest absolute Gasteiger partial charge is 0.269 e. The van der Waals surface area contributed by atoms with Crippen LogP contribution >= 0.6 is 0 Å². The predicted octanol–water partition coefficient (Wildman–Crippen LogP) is 1.55. The fourth-order valence-corrected chi connectivity index (χ4v) is 1.58. The summed E-state index contributed by atoms with van der Waals surface area (Å²) in [7, 11) is 1.76. The van der Waals surface area contributed by atoms with Crippen molar-refractivity contribution in [2.24, 2.45) is 0 Å². The lowest BCUT2D eigenvalue weighted by Gasteiger charge is -2.20. The number of nitro groups is 1. The van der Waals surface area contributed by atoms with Gasteiger partial charge in [0.25, 0.3) is 5.69 Å². The van der Waals surface area contributed by atoms with Gasteiger partial charge in [0.2, 0.25) is 5.91 Å². The van der Waals surface area contributed by atoms with Gasteiger partial charge in [-0.3, -0.25) is 14.9 Å². The lowest BCUT2D eigenvalue weighted by Crippen LogP contribution is -2.42. The lowest BCUT2D eigenvalue weighted by molar-refractivity contribution is -0.384. The van der Waals surface area contributed by atoms with Gasteiger partial charge in [-0.15, -0.1) is 0 Å². The molecule has 1 aromatic carbocycles. The number of likely N-dealkylation sites (N-methyl/N-ethyl adjacent to an activating group) is 1. The fraction of sp³-hybridized carbons (Fsp3) is 0.462. The van der Waals surface area contributed by atoms with Gasteiger partial charge < -0.3 is 10.2 Å². The Labute approximate surface area is 112 Å². The van der Waals surface area contributed by atoms with Crippen LogP contribution in [0.4, 0.5) is 5.69 Å². The third-order valence-corrected chi connectivity index (χ3v) is 2.98. The van der Waals surface area contributed by atoms with E-state index in [4.69, 9.17) is 0 Å². The van der Waals surface area contributed by atoms with Crippen molar-refractivity contribution in [1.29, 1.82) is 0 Å². The van der Waals surface area contributed by atoms with E-state index in [1.165, 1.54) is 12.1 Å². The van der Waals surface area contributed by atoms with Crippen molar-refractivity contribution in [1.82, 2.24) is 10.2 Å². The molecule has 0 heterocycles. The molecule has 19 heavy (non-hydrogen) atoms. The van der Waals surface area contributed by atoms with Crippen LogP contribution in [-0.2, 0) is 11.3 Å². The topological polar surface area (TPSA) is 75.5 Å². The first kappa shape index (κ1) is 15.1. The molecule has 6 heteroatoms. The molecular formula is C13H19N3O3. The van der Waals surface area contributed by atoms with E-state index in [0.29, 0.717) is 13.1 Å². The predicted molar refractivity (Wildman–Crippen MR) is 72.7 cm³/mol. The van der Waals surface area contributed by atoms with E-state index in [0.717, 1.165) is 5.56 Å². The molecule has 0 saturated heterocycles. The quantitative estimate of drug-likeness (QED) is 0.625. The number of benzene rings is 1. The van der Waals surface area contributed by atoms with Crippen molar-refractivity contribution in [3.8, 4) is 0 Å². The van der Waals surface area contributed by atoms with Gasteiger partial charge in [0, 0.05) is 32.3 Å². The molecule has 0 saturated carbocycles. The second-order valence-corrected chi connectivity index (χ2v) is 4.38. The first-order valence-corrected chi connectivity index (χ1v) is 6.17. The van der Waals surface area contributed by atoms with E-state index in [1.54, 1.807) is 31.0 Å². The summed E-state index contributed by atoms with van der Waals surface area (Å²) in [6, 6.07) is 6.02. The summed E-state index contributed by atoms with van der Waals surface area (Å²) < 4.78 is 0. The number of nitro benzene ring substituents is 1. The largest absolute Gasteiger partial charge is 0.345 e. The summed E-state index contributed by atoms with van der Waals surface area (Å²) in [4.78, 5) is 23.5. The van der Waals surface area contributed by atoms with E-state index < -0.39 is 4.92 Å². The van der Waals surface area contributed by atoms with E-state index in [9.17, 15) is 14.9 Å². The minimum atomic E-state index is -0.431. The van der Waals surface area contributed by atoms with Crippen molar-refractivity contribution in [3.05, 3.63) is 39.9 Å². The molecule has 6 nitrogen and oxygen atoms in total. The molecule has 0 aliphatic rings. The number of nitrogens with zero attached hydrogens (tertiary/aromatic N) is 2. The molecule has 0 aromatic heterocycles. The van der Waals surface area contributed by atoms with Crippen molar-refractivity contribution < 1.29 is 9.72 Å². The summed E-state index contributed by atoms with van der Waals surface area (Å²) in [6.07, 6.45) is 0. The molecule has 1 atom stereocenters. The zero-order chi connectivity index (χ0) is 14.4. The molecule has 1 amide bonds. The van der Waals surface area contributed by atoms with Crippen LogP contribution in [0, 0.1) is 10.1 Å². The lowest BCUT2D eigenvalue weighted by atomic mass is 10.2. The van der Waals surface area contributed by atoms with Gasteiger partial charge in [-0.1, -0.05) is 12.1 Å². The average molecular weight is 265 g/mol. The van der Waals surface area contributed by atoms with Crippen molar-refractivity contribution in [2.45, 2.75) is 26.4 Å². The third kappa shape index (κ3) is 4.33. The van der Waals surface area contributed by atoms with Crippen LogP contribution in [0.15, 0.2) is 24.3 Å². The Morgan fingerprint density at radius 3 is 2.47 bits per heavy atom. The number of hydrogen-bond donors (Lipinski definition) is 1. The van der Waals surface area contributed by atoms with Gasteiger partial charge >= 0.3 is 0 Å². The fourth-order valence-electron chi connectivity index (χ4n) is 1.58. The maximum Gasteiger partial charge on any atom is 0.269 e. The third-order valence-electron chi connectivity index (χ3n) is 2.98. The Morgan fingerprint density at radius 1 is 1.42 bits per heavy atom. The Hall–Kier alpha value is -1.95. The van der Waals surface area contributed by atoms with Crippen molar-refractivity contribution >= 4 is 11.6 Å². The molecule has 104 valence electrons. The van der Waals surface area contributed by atoms with Gasteiger partial charge in [0.05, 0.1) is 11.0 Å². The summed E-state index contributed by atoms with van der Waals surface area (Å²) >= 11 is 0. The Kier molecular flexibility index (Phi) is 5.44. The number of rotatable bonds is 6. The second kappa shape index (κ2) is 6.84. The van der Waals surface area contributed by atoms with Gasteiger partial charge in [0.15, 0.2) is 0 Å². The Bertz CT molecular complexity index is 445. The van der Waals surface area contributed by atoms with E-state index >= 15 is 0 Å². The summed E-state index contributed by atoms with van der Waals surface area (Å²) in [5.74, 6) is 0.0319. The average Bonchev–Trinajstić information content (AvgIpc) is 2.43. The van der Waals surface area contributed by atoms with Crippen LogP contribution in [0.5, 0.6) is 0 Å². The van der Waals surface area contributed by atoms with Crippen LogP contribution in [0.3, 0.4) is 0 Å². The molecule has 1 rings (SSSR count). The van der Waals surface area contributed by atoms with Gasteiger partial charge in [-0.05, 0) is 19.4 Å². The minimum Gasteiger partial charge on any atom is -0.345 e. The molecule has 1 aromatic rings. The number of amides is 1. The first-order valence-electron chi connectivity index (χ1n) is 6.17. The monoisotopic (exact) mass is 265 g/mol. The highest BCUT2D eigenvalue weighted by atomic mass is 16.6. The summed E-state index contributed by atoms with van der Waals surface area (Å²) in [5, 5.41) is 13.6. The molecule has 0 radical (unpaired) electrons. The van der Waals surface area contributed by atoms with Gasteiger partial charge in [-0.2, -0.15) is 0 Å². The maximum atomic E-state index is 11.8. The van der Waals surface area contributed by atoms with Gasteiger partial charge in [-0.25, -0.2) is 0 Å². The molecule has 0 aliphatic heterocycles. The van der Waals surface area contributed by atoms with Crippen LogP contribution in [0.2, 0.25) is 0 Å². The second-order valence-electron chi connectivity index (χ2n) is 4.38. The molecule has 1 N–H and O–H groups in total. The Balaban J connectivity index is 2.52. The maximum absolute atomic E-state index is 11.8. The molecule has 0 bridgehead atoms. The van der Waals surface area contributed by atoms with Gasteiger partial charge in [0.1, 0.15) is 0 Å². The van der Waals surface area contributed by atoms with Crippen LogP contribution in [-0.4, -0.2) is 35.4 Å². The molecule has 1 unspecified atom stereocenters. The first-order chi connectivity index (χ1) is 8.95. The number of carbonyl (C=O) groups excluding carboxylic acids is 1. The number of carbonyl (C=O) groups is 1. The van der Waals surface area contributed by atoms with Crippen molar-refractivity contribution in [3.63, 3.8) is 0 Å². The standard InChI is InChI=1S/C13H19N3O3/c1-4-15(3)13(17)10(2)14-9-11-5-7-12(8-6-11)16(18)19/h5-8,10,14H,4,9H2,1-3H3. The highest BCUT2D eigenvalue weighted by Crippen LogP contribution is 2.11. The Morgan fingerprint density at radius 2 is 2.00 bits per heavy atom. The SMILES string of the molecule is CCN(C)C(=O)C(C)NCc1ccc([N+](=O)[O-])cc1. The summed E-state index contributed by atoms with van der Waals surface area (Å²) in [6.45, 7) is 4.89. The highest BCUT2D eigenvalue weighted by molar-refractivity contribution is 5.81. The number of nitrogens with one attached hydrogen (secondary N) is 1. The van der Waals surface area contributed by atoms with Crippen molar-refractivity contribution in [2.75, 3.05) is 13.6 Å². The molecule has 0 spiro atoms. The van der Waals surface area contributed by atoms with E-state index in [-0.39, 0.29) is 17.6 Å². The summed E-state index contributed by atoms with van der Waals surface area (Å²) in [5.41, 5.74) is 0.975. The molecular weight excluding hydrogens is 246 g/mol. The van der Waals surface area contributed by atoms with E-state index in [1.807, 2.05) is 6.92 Å². The normalized spacial score (nSPS) is 11.9. The van der Waals surface area contributed by atoms with Crippen LogP contribution < -0.4 is 5.32 Å². The molecule has 0 aliphatic carbocycles. The number of hydrogen-bond acceptors (Lipinski definition) is 4. The minimum absolute atomic E-state index is 0.0319. The van der Waals surface area contributed by atoms with E-state index in [2.05, 4.69) is 5.32 Å². The number of non-ortho nitro benzene ring substituents is 1. The van der Waals surface area contributed by atoms with Crippen LogP contribution in [0.25, 0.3) is 0 Å². The van der Waals surface area contributed by atoms with Crippen LogP contribution in [0.1, 0.15) is 19.4 Å². The highest BCUT2D eigenvalue weighted by Gasteiger charge is 2.15.